The van der Waals surface area contributed by atoms with E-state index in [9.17, 15) is 4.79 Å². The van der Waals surface area contributed by atoms with Gasteiger partial charge < -0.3 is 5.32 Å². The Bertz CT molecular complexity index is 798. The summed E-state index contributed by atoms with van der Waals surface area (Å²) in [6.45, 7) is 2.00. The van der Waals surface area contributed by atoms with Crippen LogP contribution in [-0.2, 0) is 11.2 Å². The van der Waals surface area contributed by atoms with Crippen molar-refractivity contribution in [2.24, 2.45) is 0 Å². The molecule has 0 spiro atoms. The molecule has 1 N–H and O–H groups in total. The van der Waals surface area contributed by atoms with Crippen LogP contribution in [0.25, 0.3) is 11.4 Å². The lowest BCUT2D eigenvalue weighted by Crippen LogP contribution is -2.15. The van der Waals surface area contributed by atoms with Gasteiger partial charge in [0.15, 0.2) is 5.82 Å². The summed E-state index contributed by atoms with van der Waals surface area (Å²) in [7, 11) is 0. The van der Waals surface area contributed by atoms with E-state index in [-0.39, 0.29) is 5.91 Å². The minimum absolute atomic E-state index is 0.0737. The van der Waals surface area contributed by atoms with Gasteiger partial charge >= 0.3 is 0 Å². The molecule has 4 heteroatoms. The maximum Gasteiger partial charge on any atom is 0.228 e. The average Bonchev–Trinajstić information content (AvgIpc) is 2.58. The molecule has 3 aromatic rings. The molecule has 4 nitrogen and oxygen atoms in total. The molecule has 0 aliphatic rings. The second-order valence-electron chi connectivity index (χ2n) is 5.31. The molecular formula is C19H17N3O. The first-order valence-electron chi connectivity index (χ1n) is 7.44. The molecule has 1 heterocycles. The highest BCUT2D eigenvalue weighted by atomic mass is 16.1. The van der Waals surface area contributed by atoms with Crippen molar-refractivity contribution in [3.05, 3.63) is 78.1 Å². The minimum atomic E-state index is -0.0737. The highest BCUT2D eigenvalue weighted by molar-refractivity contribution is 5.92. The number of aromatic nitrogens is 2. The van der Waals surface area contributed by atoms with Crippen molar-refractivity contribution >= 4 is 11.6 Å². The first-order chi connectivity index (χ1) is 11.2. The first-order valence-corrected chi connectivity index (χ1v) is 7.44. The molecule has 0 atom stereocenters. The van der Waals surface area contributed by atoms with Gasteiger partial charge in [0.2, 0.25) is 5.91 Å². The van der Waals surface area contributed by atoms with Crippen molar-refractivity contribution < 1.29 is 4.79 Å². The molecule has 23 heavy (non-hydrogen) atoms. The highest BCUT2D eigenvalue weighted by Gasteiger charge is 2.07. The standard InChI is InChI=1S/C19H17N3O/c1-14-7-5-6-10-16(14)11-18(23)22-17-12-20-19(21-13-17)15-8-3-2-4-9-15/h2-10,12-13H,11H2,1H3,(H,22,23). The molecule has 0 radical (unpaired) electrons. The lowest BCUT2D eigenvalue weighted by Gasteiger charge is -2.07. The molecule has 0 saturated heterocycles. The monoisotopic (exact) mass is 303 g/mol. The number of aryl methyl sites for hydroxylation is 1. The topological polar surface area (TPSA) is 54.9 Å². The van der Waals surface area contributed by atoms with Crippen LogP contribution in [0.3, 0.4) is 0 Å². The van der Waals surface area contributed by atoms with Gasteiger partial charge in [0.05, 0.1) is 24.5 Å². The normalized spacial score (nSPS) is 10.3. The van der Waals surface area contributed by atoms with Crippen molar-refractivity contribution in [2.45, 2.75) is 13.3 Å². The summed E-state index contributed by atoms with van der Waals surface area (Å²) in [4.78, 5) is 20.7. The number of nitrogens with zero attached hydrogens (tertiary/aromatic N) is 2. The quantitative estimate of drug-likeness (QED) is 0.800. The molecule has 0 unspecified atom stereocenters. The highest BCUT2D eigenvalue weighted by Crippen LogP contribution is 2.15. The van der Waals surface area contributed by atoms with Crippen LogP contribution in [-0.4, -0.2) is 15.9 Å². The van der Waals surface area contributed by atoms with E-state index >= 15 is 0 Å². The van der Waals surface area contributed by atoms with E-state index in [0.29, 0.717) is 17.9 Å². The maximum absolute atomic E-state index is 12.1. The third-order valence-electron chi connectivity index (χ3n) is 3.58. The zero-order chi connectivity index (χ0) is 16.1. The minimum Gasteiger partial charge on any atom is -0.323 e. The van der Waals surface area contributed by atoms with Gasteiger partial charge in [0, 0.05) is 5.56 Å². The van der Waals surface area contributed by atoms with Crippen LogP contribution in [0, 0.1) is 6.92 Å². The number of hydrogen-bond donors (Lipinski definition) is 1. The van der Waals surface area contributed by atoms with E-state index < -0.39 is 0 Å². The van der Waals surface area contributed by atoms with Crippen LogP contribution in [0.2, 0.25) is 0 Å². The number of amides is 1. The third-order valence-corrected chi connectivity index (χ3v) is 3.58. The Hall–Kier alpha value is -3.01. The summed E-state index contributed by atoms with van der Waals surface area (Å²) in [6.07, 6.45) is 3.60. The largest absolute Gasteiger partial charge is 0.323 e. The second-order valence-corrected chi connectivity index (χ2v) is 5.31. The molecule has 0 bridgehead atoms. The molecule has 0 saturated carbocycles. The van der Waals surface area contributed by atoms with Gasteiger partial charge in [-0.25, -0.2) is 9.97 Å². The number of carbonyl (C=O) groups is 1. The second kappa shape index (κ2) is 6.83. The Balaban J connectivity index is 1.66. The van der Waals surface area contributed by atoms with Crippen LogP contribution in [0.15, 0.2) is 67.0 Å². The number of benzene rings is 2. The number of nitrogens with one attached hydrogen (secondary N) is 1. The fraction of sp³-hybridized carbons (Fsp3) is 0.105. The van der Waals surface area contributed by atoms with Crippen molar-refractivity contribution in [1.82, 2.24) is 9.97 Å². The average molecular weight is 303 g/mol. The van der Waals surface area contributed by atoms with Crippen LogP contribution in [0.4, 0.5) is 5.69 Å². The summed E-state index contributed by atoms with van der Waals surface area (Å²) < 4.78 is 0. The lowest BCUT2D eigenvalue weighted by molar-refractivity contribution is -0.115. The van der Waals surface area contributed by atoms with Gasteiger partial charge in [-0.2, -0.15) is 0 Å². The molecule has 1 amide bonds. The zero-order valence-corrected chi connectivity index (χ0v) is 12.9. The summed E-state index contributed by atoms with van der Waals surface area (Å²) in [6, 6.07) is 17.6. The molecular weight excluding hydrogens is 286 g/mol. The van der Waals surface area contributed by atoms with E-state index in [4.69, 9.17) is 0 Å². The third kappa shape index (κ3) is 3.80. The first kappa shape index (κ1) is 14.9. The van der Waals surface area contributed by atoms with Crippen LogP contribution in [0.1, 0.15) is 11.1 Å². The van der Waals surface area contributed by atoms with Gasteiger partial charge in [0.1, 0.15) is 0 Å². The molecule has 0 fully saturated rings. The maximum atomic E-state index is 12.1. The van der Waals surface area contributed by atoms with Gasteiger partial charge in [-0.3, -0.25) is 4.79 Å². The molecule has 1 aromatic heterocycles. The summed E-state index contributed by atoms with van der Waals surface area (Å²) in [5, 5.41) is 2.83. The Kier molecular flexibility index (Phi) is 4.43. The fourth-order valence-corrected chi connectivity index (χ4v) is 2.32. The van der Waals surface area contributed by atoms with Gasteiger partial charge in [-0.15, -0.1) is 0 Å². The molecule has 3 rings (SSSR count). The van der Waals surface area contributed by atoms with E-state index in [2.05, 4.69) is 15.3 Å². The zero-order valence-electron chi connectivity index (χ0n) is 12.9. The van der Waals surface area contributed by atoms with Gasteiger partial charge in [0.25, 0.3) is 0 Å². The van der Waals surface area contributed by atoms with Crippen molar-refractivity contribution in [2.75, 3.05) is 5.32 Å². The van der Waals surface area contributed by atoms with Crippen molar-refractivity contribution in [3.63, 3.8) is 0 Å². The molecule has 0 aliphatic heterocycles. The molecule has 114 valence electrons. The van der Waals surface area contributed by atoms with E-state index in [1.54, 1.807) is 12.4 Å². The number of carbonyl (C=O) groups excluding carboxylic acids is 1. The smallest absolute Gasteiger partial charge is 0.228 e. The number of hydrogen-bond acceptors (Lipinski definition) is 3. The number of rotatable bonds is 4. The van der Waals surface area contributed by atoms with E-state index in [0.717, 1.165) is 16.7 Å². The van der Waals surface area contributed by atoms with Crippen molar-refractivity contribution in [3.8, 4) is 11.4 Å². The van der Waals surface area contributed by atoms with E-state index in [1.807, 2.05) is 61.5 Å². The SMILES string of the molecule is Cc1ccccc1CC(=O)Nc1cnc(-c2ccccc2)nc1. The van der Waals surface area contributed by atoms with Crippen molar-refractivity contribution in [1.29, 1.82) is 0 Å². The van der Waals surface area contributed by atoms with Gasteiger partial charge in [-0.1, -0.05) is 54.6 Å². The molecule has 0 aliphatic carbocycles. The summed E-state index contributed by atoms with van der Waals surface area (Å²) in [5.74, 6) is 0.567. The fourth-order valence-electron chi connectivity index (χ4n) is 2.32. The van der Waals surface area contributed by atoms with Gasteiger partial charge in [-0.05, 0) is 18.1 Å². The Morgan fingerprint density at radius 3 is 2.30 bits per heavy atom. The van der Waals surface area contributed by atoms with Crippen LogP contribution in [0.5, 0.6) is 0 Å². The summed E-state index contributed by atoms with van der Waals surface area (Å²) in [5.41, 5.74) is 3.68. The lowest BCUT2D eigenvalue weighted by atomic mass is 10.1. The molecule has 2 aromatic carbocycles. The van der Waals surface area contributed by atoms with Crippen LogP contribution < -0.4 is 5.32 Å². The predicted molar refractivity (Wildman–Crippen MR) is 91.0 cm³/mol. The van der Waals surface area contributed by atoms with Crippen LogP contribution >= 0.6 is 0 Å². The Morgan fingerprint density at radius 1 is 0.957 bits per heavy atom. The number of anilines is 1. The Labute approximate surface area is 135 Å². The summed E-state index contributed by atoms with van der Waals surface area (Å²) >= 11 is 0. The van der Waals surface area contributed by atoms with E-state index in [1.165, 1.54) is 0 Å². The Morgan fingerprint density at radius 2 is 1.61 bits per heavy atom. The predicted octanol–water partition coefficient (Wildman–Crippen LogP) is 3.63.